The van der Waals surface area contributed by atoms with Crippen LogP contribution in [0.25, 0.3) is 0 Å². The zero-order valence-electron chi connectivity index (χ0n) is 27.2. The van der Waals surface area contributed by atoms with Crippen molar-refractivity contribution >= 4 is 45.8 Å². The molecule has 4 unspecified atom stereocenters. The average Bonchev–Trinajstić information content (AvgIpc) is 3.74. The fraction of sp³-hybridized carbons (Fsp3) is 0.316. The largest absolute Gasteiger partial charge is 0.465 e. The maximum atomic E-state index is 14.5. The molecule has 3 aliphatic rings. The smallest absolute Gasteiger partial charge is 0.343 e. The molecule has 48 heavy (non-hydrogen) atoms. The predicted molar refractivity (Wildman–Crippen MR) is 181 cm³/mol. The number of nitrogens with zero attached hydrogens (tertiary/aromatic N) is 2. The second-order valence-corrected chi connectivity index (χ2v) is 14.6. The Morgan fingerprint density at radius 2 is 1.54 bits per heavy atom. The van der Waals surface area contributed by atoms with Crippen LogP contribution >= 0.6 is 11.3 Å². The van der Waals surface area contributed by atoms with Crippen LogP contribution in [-0.2, 0) is 32.0 Å². The van der Waals surface area contributed by atoms with Crippen molar-refractivity contribution in [2.24, 2.45) is 17.3 Å². The number of fused-ring (bicyclic) bond motifs is 2. The minimum Gasteiger partial charge on any atom is -0.465 e. The van der Waals surface area contributed by atoms with E-state index in [0.717, 1.165) is 28.2 Å². The van der Waals surface area contributed by atoms with E-state index in [0.29, 0.717) is 45.5 Å². The Balaban J connectivity index is 1.24. The molecule has 4 aromatic rings. The van der Waals surface area contributed by atoms with Gasteiger partial charge in [-0.15, -0.1) is 11.3 Å². The van der Waals surface area contributed by atoms with Crippen molar-refractivity contribution in [1.29, 1.82) is 0 Å². The fourth-order valence-electron chi connectivity index (χ4n) is 7.01. The molecule has 2 fully saturated rings. The molecule has 3 aromatic carbocycles. The van der Waals surface area contributed by atoms with Gasteiger partial charge in [0.1, 0.15) is 16.7 Å². The Kier molecular flexibility index (Phi) is 8.17. The molecule has 246 valence electrons. The molecule has 4 atom stereocenters. The highest BCUT2D eigenvalue weighted by molar-refractivity contribution is 7.17. The number of methoxy groups -OCH3 is 1. The molecule has 2 saturated heterocycles. The number of hydrogen-bond acceptors (Lipinski definition) is 9. The number of hydroxylamine groups is 1. The number of para-hydroxylation sites is 1. The first-order chi connectivity index (χ1) is 23.1. The van der Waals surface area contributed by atoms with Crippen molar-refractivity contribution in [2.75, 3.05) is 17.1 Å². The van der Waals surface area contributed by atoms with Crippen molar-refractivity contribution in [3.05, 3.63) is 112 Å². The third-order valence-corrected chi connectivity index (χ3v) is 10.9. The Morgan fingerprint density at radius 1 is 0.875 bits per heavy atom. The van der Waals surface area contributed by atoms with Crippen LogP contribution < -0.4 is 14.7 Å². The minimum atomic E-state index is -1.11. The van der Waals surface area contributed by atoms with Gasteiger partial charge in [0.25, 0.3) is 5.91 Å². The Bertz CT molecular complexity index is 1880. The maximum absolute atomic E-state index is 14.5. The first-order valence-corrected chi connectivity index (χ1v) is 16.9. The van der Waals surface area contributed by atoms with Crippen molar-refractivity contribution in [2.45, 2.75) is 52.2 Å². The first-order valence-electron chi connectivity index (χ1n) is 16.1. The number of amides is 2. The zero-order chi connectivity index (χ0) is 33.7. The summed E-state index contributed by atoms with van der Waals surface area (Å²) in [5.74, 6) is -2.17. The highest BCUT2D eigenvalue weighted by atomic mass is 32.1. The number of esters is 2. The lowest BCUT2D eigenvalue weighted by molar-refractivity contribution is -0.126. The van der Waals surface area contributed by atoms with E-state index in [4.69, 9.17) is 14.3 Å². The van der Waals surface area contributed by atoms with E-state index in [1.54, 1.807) is 53.6 Å². The number of carbonyl (C=O) groups is 4. The molecule has 2 aliphatic heterocycles. The quantitative estimate of drug-likeness (QED) is 0.124. The molecule has 0 N–H and O–H groups in total. The van der Waals surface area contributed by atoms with Gasteiger partial charge >= 0.3 is 11.9 Å². The monoisotopic (exact) mass is 664 g/mol. The van der Waals surface area contributed by atoms with Crippen molar-refractivity contribution in [3.8, 4) is 5.75 Å². The summed E-state index contributed by atoms with van der Waals surface area (Å²) in [5, 5.41) is 1.92. The molecule has 1 aliphatic carbocycles. The summed E-state index contributed by atoms with van der Waals surface area (Å²) >= 11 is 1.33. The lowest BCUT2D eigenvalue weighted by Crippen LogP contribution is -2.37. The molecule has 0 spiro atoms. The van der Waals surface area contributed by atoms with E-state index >= 15 is 0 Å². The third kappa shape index (κ3) is 5.48. The lowest BCUT2D eigenvalue weighted by atomic mass is 9.72. The average molecular weight is 665 g/mol. The second-order valence-electron chi connectivity index (χ2n) is 13.5. The SMILES string of the molecule is COC(=O)c1c(N2C(=O)C3ON(c4ccccc4)C(c4ccc(OC(=O)c5ccccc5)cc4)C3C2=O)sc2c1CCC(C(C)(C)C)C2. The molecule has 3 heterocycles. The van der Waals surface area contributed by atoms with E-state index in [-0.39, 0.29) is 5.41 Å². The van der Waals surface area contributed by atoms with Crippen molar-refractivity contribution < 1.29 is 33.5 Å². The summed E-state index contributed by atoms with van der Waals surface area (Å²) < 4.78 is 10.8. The zero-order valence-corrected chi connectivity index (χ0v) is 28.0. The highest BCUT2D eigenvalue weighted by Crippen LogP contribution is 2.51. The van der Waals surface area contributed by atoms with Gasteiger partial charge in [-0.3, -0.25) is 14.4 Å². The van der Waals surface area contributed by atoms with Crippen molar-refractivity contribution in [3.63, 3.8) is 0 Å². The number of ether oxygens (including phenoxy) is 2. The number of imide groups is 1. The fourth-order valence-corrected chi connectivity index (χ4v) is 8.43. The lowest BCUT2D eigenvalue weighted by Gasteiger charge is -2.33. The molecule has 7 rings (SSSR count). The Morgan fingerprint density at radius 3 is 2.19 bits per heavy atom. The van der Waals surface area contributed by atoms with Gasteiger partial charge in [0.05, 0.1) is 30.0 Å². The Hall–Kier alpha value is -4.80. The van der Waals surface area contributed by atoms with Crippen LogP contribution in [-0.4, -0.2) is 37.0 Å². The molecular weight excluding hydrogens is 628 g/mol. The number of rotatable bonds is 6. The van der Waals surface area contributed by atoms with Gasteiger partial charge in [0.2, 0.25) is 5.91 Å². The number of hydrogen-bond donors (Lipinski definition) is 0. The number of benzene rings is 3. The van der Waals surface area contributed by atoms with Gasteiger partial charge in [0.15, 0.2) is 6.10 Å². The molecule has 0 saturated carbocycles. The van der Waals surface area contributed by atoms with Crippen LogP contribution in [0.4, 0.5) is 10.7 Å². The third-order valence-electron chi connectivity index (χ3n) is 9.63. The van der Waals surface area contributed by atoms with Crippen LogP contribution in [0.2, 0.25) is 0 Å². The van der Waals surface area contributed by atoms with Gasteiger partial charge in [-0.25, -0.2) is 19.6 Å². The van der Waals surface area contributed by atoms with Crippen LogP contribution in [0.5, 0.6) is 5.75 Å². The predicted octanol–water partition coefficient (Wildman–Crippen LogP) is 6.96. The summed E-state index contributed by atoms with van der Waals surface area (Å²) in [5.41, 5.74) is 3.03. The van der Waals surface area contributed by atoms with Gasteiger partial charge in [-0.1, -0.05) is 69.3 Å². The molecule has 0 radical (unpaired) electrons. The number of thiophene rings is 1. The maximum Gasteiger partial charge on any atom is 0.343 e. The van der Waals surface area contributed by atoms with Crippen LogP contribution in [0.15, 0.2) is 84.9 Å². The summed E-state index contributed by atoms with van der Waals surface area (Å²) in [7, 11) is 1.32. The topological polar surface area (TPSA) is 102 Å². The van der Waals surface area contributed by atoms with E-state index in [2.05, 4.69) is 20.8 Å². The van der Waals surface area contributed by atoms with E-state index in [1.165, 1.54) is 18.4 Å². The second kappa shape index (κ2) is 12.3. The van der Waals surface area contributed by atoms with E-state index < -0.39 is 41.8 Å². The Labute approximate surface area is 283 Å². The van der Waals surface area contributed by atoms with Crippen LogP contribution in [0.1, 0.15) is 70.0 Å². The van der Waals surface area contributed by atoms with Crippen LogP contribution in [0.3, 0.4) is 0 Å². The molecule has 10 heteroatoms. The molecule has 0 bridgehead atoms. The van der Waals surface area contributed by atoms with Crippen LogP contribution in [0, 0.1) is 17.3 Å². The van der Waals surface area contributed by atoms with Crippen molar-refractivity contribution in [1.82, 2.24) is 0 Å². The standard InChI is InChI=1S/C38H36N2O7S/c1-38(2,3)24-17-20-27-28(21-24)48-35(29(27)37(44)45-4)39-33(41)30-31(40(47-32(30)34(39)42)25-13-9-6-10-14-25)22-15-18-26(19-16-22)46-36(43)23-11-7-5-8-12-23/h5-16,18-19,24,30-32H,17,20-21H2,1-4H3. The van der Waals surface area contributed by atoms with Gasteiger partial charge in [-0.05, 0) is 78.1 Å². The van der Waals surface area contributed by atoms with E-state index in [9.17, 15) is 19.2 Å². The number of anilines is 2. The van der Waals surface area contributed by atoms with E-state index in [1.807, 2.05) is 36.4 Å². The summed E-state index contributed by atoms with van der Waals surface area (Å²) in [6.07, 6.45) is 1.23. The summed E-state index contributed by atoms with van der Waals surface area (Å²) in [6, 6.07) is 24.2. The minimum absolute atomic E-state index is 0.0704. The molecule has 2 amide bonds. The normalized spacial score (nSPS) is 22.0. The molecular formula is C38H36N2O7S. The molecule has 1 aromatic heterocycles. The van der Waals surface area contributed by atoms with Gasteiger partial charge < -0.3 is 9.47 Å². The first kappa shape index (κ1) is 31.8. The molecule has 9 nitrogen and oxygen atoms in total. The highest BCUT2D eigenvalue weighted by Gasteiger charge is 2.61. The summed E-state index contributed by atoms with van der Waals surface area (Å²) in [6.45, 7) is 6.63. The van der Waals surface area contributed by atoms with Gasteiger partial charge in [-0.2, -0.15) is 0 Å². The van der Waals surface area contributed by atoms with Gasteiger partial charge in [0, 0.05) is 4.88 Å². The number of carbonyl (C=O) groups excluding carboxylic acids is 4. The summed E-state index contributed by atoms with van der Waals surface area (Å²) in [4.78, 5) is 63.1.